The summed E-state index contributed by atoms with van der Waals surface area (Å²) in [6.07, 6.45) is 5.78. The van der Waals surface area contributed by atoms with Gasteiger partial charge in [0.05, 0.1) is 5.56 Å². The van der Waals surface area contributed by atoms with E-state index in [0.29, 0.717) is 19.3 Å². The third kappa shape index (κ3) is 5.32. The lowest BCUT2D eigenvalue weighted by Gasteiger charge is -2.24. The van der Waals surface area contributed by atoms with Gasteiger partial charge in [0.15, 0.2) is 0 Å². The van der Waals surface area contributed by atoms with Gasteiger partial charge in [0.25, 0.3) is 0 Å². The summed E-state index contributed by atoms with van der Waals surface area (Å²) in [5, 5.41) is 8.85. The Morgan fingerprint density at radius 3 is 2.30 bits per heavy atom. The Hall–Kier alpha value is -1.38. The Balaban J connectivity index is 2.59. The number of benzene rings is 1. The molecule has 0 saturated heterocycles. The SMILES string of the molecule is CCCCCCC(F)(CC)Cc1ccc(C(=O)O)cc1. The smallest absolute Gasteiger partial charge is 0.335 e. The number of aromatic carboxylic acids is 1. The van der Waals surface area contributed by atoms with Crippen LogP contribution in [0.5, 0.6) is 0 Å². The monoisotopic (exact) mass is 280 g/mol. The summed E-state index contributed by atoms with van der Waals surface area (Å²) in [5.74, 6) is -0.946. The van der Waals surface area contributed by atoms with Gasteiger partial charge >= 0.3 is 5.97 Å². The molecule has 0 radical (unpaired) electrons. The van der Waals surface area contributed by atoms with Crippen molar-refractivity contribution in [2.24, 2.45) is 0 Å². The van der Waals surface area contributed by atoms with Crippen LogP contribution in [-0.4, -0.2) is 16.7 Å². The maximum absolute atomic E-state index is 14.8. The number of rotatable bonds is 9. The highest BCUT2D eigenvalue weighted by Gasteiger charge is 2.27. The molecule has 20 heavy (non-hydrogen) atoms. The van der Waals surface area contributed by atoms with Crippen molar-refractivity contribution in [3.63, 3.8) is 0 Å². The van der Waals surface area contributed by atoms with Crippen molar-refractivity contribution < 1.29 is 14.3 Å². The average molecular weight is 280 g/mol. The predicted molar refractivity (Wildman–Crippen MR) is 80.0 cm³/mol. The second kappa shape index (κ2) is 8.03. The summed E-state index contributed by atoms with van der Waals surface area (Å²) < 4.78 is 14.8. The zero-order chi connectivity index (χ0) is 15.0. The van der Waals surface area contributed by atoms with Gasteiger partial charge in [-0.3, -0.25) is 0 Å². The fourth-order valence-electron chi connectivity index (χ4n) is 2.39. The molecule has 0 heterocycles. The van der Waals surface area contributed by atoms with Gasteiger partial charge in [-0.25, -0.2) is 9.18 Å². The average Bonchev–Trinajstić information content (AvgIpc) is 2.44. The molecule has 1 aromatic carbocycles. The zero-order valence-electron chi connectivity index (χ0n) is 12.5. The van der Waals surface area contributed by atoms with Gasteiger partial charge in [-0.2, -0.15) is 0 Å². The van der Waals surface area contributed by atoms with Crippen LogP contribution in [-0.2, 0) is 6.42 Å². The van der Waals surface area contributed by atoms with Crippen molar-refractivity contribution in [3.05, 3.63) is 35.4 Å². The number of hydrogen-bond acceptors (Lipinski definition) is 1. The van der Waals surface area contributed by atoms with Crippen LogP contribution in [0, 0.1) is 0 Å². The molecule has 1 N–H and O–H groups in total. The molecule has 0 bridgehead atoms. The molecule has 1 atom stereocenters. The Bertz CT molecular complexity index is 414. The summed E-state index contributed by atoms with van der Waals surface area (Å²) in [6, 6.07) is 6.54. The summed E-state index contributed by atoms with van der Waals surface area (Å²) >= 11 is 0. The predicted octanol–water partition coefficient (Wildman–Crippen LogP) is 5.02. The topological polar surface area (TPSA) is 37.3 Å². The van der Waals surface area contributed by atoms with Crippen molar-refractivity contribution in [3.8, 4) is 0 Å². The lowest BCUT2D eigenvalue weighted by molar-refractivity contribution is 0.0697. The highest BCUT2D eigenvalue weighted by molar-refractivity contribution is 5.87. The van der Waals surface area contributed by atoms with Crippen LogP contribution in [0.4, 0.5) is 4.39 Å². The summed E-state index contributed by atoms with van der Waals surface area (Å²) in [6.45, 7) is 4.03. The van der Waals surface area contributed by atoms with Crippen LogP contribution < -0.4 is 0 Å². The molecule has 0 aliphatic heterocycles. The van der Waals surface area contributed by atoms with Crippen LogP contribution in [0.25, 0.3) is 0 Å². The van der Waals surface area contributed by atoms with Gasteiger partial charge in [0.2, 0.25) is 0 Å². The van der Waals surface area contributed by atoms with Crippen LogP contribution in [0.15, 0.2) is 24.3 Å². The first-order valence-corrected chi connectivity index (χ1v) is 7.52. The van der Waals surface area contributed by atoms with E-state index in [2.05, 4.69) is 6.92 Å². The van der Waals surface area contributed by atoms with E-state index in [1.807, 2.05) is 6.92 Å². The lowest BCUT2D eigenvalue weighted by atomic mass is 9.88. The van der Waals surface area contributed by atoms with Crippen LogP contribution in [0.3, 0.4) is 0 Å². The largest absolute Gasteiger partial charge is 0.478 e. The van der Waals surface area contributed by atoms with Crippen LogP contribution >= 0.6 is 0 Å². The van der Waals surface area contributed by atoms with Gasteiger partial charge in [0.1, 0.15) is 5.67 Å². The Morgan fingerprint density at radius 1 is 1.15 bits per heavy atom. The van der Waals surface area contributed by atoms with E-state index in [-0.39, 0.29) is 5.56 Å². The first-order chi connectivity index (χ1) is 9.50. The van der Waals surface area contributed by atoms with Crippen molar-refractivity contribution in [2.45, 2.75) is 64.5 Å². The molecule has 0 fully saturated rings. The molecule has 0 spiro atoms. The number of hydrogen-bond donors (Lipinski definition) is 1. The molecule has 0 saturated carbocycles. The van der Waals surface area contributed by atoms with Gasteiger partial charge in [0, 0.05) is 6.42 Å². The van der Waals surface area contributed by atoms with Gasteiger partial charge in [-0.05, 0) is 30.5 Å². The van der Waals surface area contributed by atoms with Crippen molar-refractivity contribution in [1.29, 1.82) is 0 Å². The van der Waals surface area contributed by atoms with E-state index in [1.165, 1.54) is 0 Å². The molecule has 1 aromatic rings. The van der Waals surface area contributed by atoms with Crippen LogP contribution in [0.2, 0.25) is 0 Å². The fourth-order valence-corrected chi connectivity index (χ4v) is 2.39. The number of unbranched alkanes of at least 4 members (excludes halogenated alkanes) is 3. The molecular formula is C17H25FO2. The Morgan fingerprint density at radius 2 is 1.80 bits per heavy atom. The number of carbonyl (C=O) groups is 1. The van der Waals surface area contributed by atoms with Gasteiger partial charge in [-0.1, -0.05) is 51.7 Å². The van der Waals surface area contributed by atoms with E-state index in [1.54, 1.807) is 24.3 Å². The van der Waals surface area contributed by atoms with Crippen LogP contribution in [0.1, 0.15) is 68.3 Å². The summed E-state index contributed by atoms with van der Waals surface area (Å²) in [7, 11) is 0. The van der Waals surface area contributed by atoms with E-state index in [4.69, 9.17) is 5.11 Å². The maximum atomic E-state index is 14.8. The minimum absolute atomic E-state index is 0.248. The van der Waals surface area contributed by atoms with E-state index >= 15 is 0 Å². The molecule has 0 aromatic heterocycles. The normalized spacial score (nSPS) is 13.9. The first-order valence-electron chi connectivity index (χ1n) is 7.52. The van der Waals surface area contributed by atoms with E-state index in [0.717, 1.165) is 31.2 Å². The number of carboxylic acids is 1. The molecule has 0 aliphatic carbocycles. The molecule has 1 rings (SSSR count). The van der Waals surface area contributed by atoms with Crippen molar-refractivity contribution >= 4 is 5.97 Å². The molecule has 112 valence electrons. The molecule has 0 aliphatic rings. The molecule has 2 nitrogen and oxygen atoms in total. The third-order valence-corrected chi connectivity index (χ3v) is 3.83. The second-order valence-electron chi connectivity index (χ2n) is 5.49. The molecule has 3 heteroatoms. The van der Waals surface area contributed by atoms with Gasteiger partial charge in [-0.15, -0.1) is 0 Å². The molecule has 0 amide bonds. The van der Waals surface area contributed by atoms with E-state index in [9.17, 15) is 9.18 Å². The fraction of sp³-hybridized carbons (Fsp3) is 0.588. The third-order valence-electron chi connectivity index (χ3n) is 3.83. The number of carboxylic acid groups (broad SMARTS) is 1. The minimum atomic E-state index is -1.17. The maximum Gasteiger partial charge on any atom is 0.335 e. The standard InChI is InChI=1S/C17H25FO2/c1-3-5-6-7-12-17(18,4-2)13-14-8-10-15(11-9-14)16(19)20/h8-11H,3-7,12-13H2,1-2H3,(H,19,20). The quantitative estimate of drug-likeness (QED) is 0.645. The molecule has 1 unspecified atom stereocenters. The minimum Gasteiger partial charge on any atom is -0.478 e. The van der Waals surface area contributed by atoms with Crippen molar-refractivity contribution in [2.75, 3.05) is 0 Å². The highest BCUT2D eigenvalue weighted by Crippen LogP contribution is 2.28. The van der Waals surface area contributed by atoms with Gasteiger partial charge < -0.3 is 5.11 Å². The Labute approximate surface area is 121 Å². The highest BCUT2D eigenvalue weighted by atomic mass is 19.1. The lowest BCUT2D eigenvalue weighted by Crippen LogP contribution is -2.25. The second-order valence-corrected chi connectivity index (χ2v) is 5.49. The summed E-state index contributed by atoms with van der Waals surface area (Å²) in [4.78, 5) is 10.8. The number of alkyl halides is 1. The Kier molecular flexibility index (Phi) is 6.69. The zero-order valence-corrected chi connectivity index (χ0v) is 12.5. The first kappa shape index (κ1) is 16.7. The number of halogens is 1. The summed E-state index contributed by atoms with van der Waals surface area (Å²) in [5.41, 5.74) is -0.0501. The van der Waals surface area contributed by atoms with Crippen molar-refractivity contribution in [1.82, 2.24) is 0 Å². The van der Waals surface area contributed by atoms with E-state index < -0.39 is 11.6 Å². The molecular weight excluding hydrogens is 255 g/mol.